The molecule has 0 unspecified atom stereocenters. The Morgan fingerprint density at radius 2 is 2.21 bits per heavy atom. The lowest BCUT2D eigenvalue weighted by Gasteiger charge is -2.05. The molecule has 4 heteroatoms. The summed E-state index contributed by atoms with van der Waals surface area (Å²) >= 11 is 2.36. The number of nitrogens with one attached hydrogen (secondary N) is 1. The number of pyridine rings is 1. The van der Waals surface area contributed by atoms with Gasteiger partial charge < -0.3 is 9.88 Å². The van der Waals surface area contributed by atoms with Crippen LogP contribution in [0.5, 0.6) is 0 Å². The molecule has 0 radical (unpaired) electrons. The van der Waals surface area contributed by atoms with Crippen LogP contribution < -0.4 is 10.9 Å². The van der Waals surface area contributed by atoms with Crippen molar-refractivity contribution in [2.24, 2.45) is 0 Å². The molecular formula is C10H15IN2O. The predicted octanol–water partition coefficient (Wildman–Crippen LogP) is 1.26. The fourth-order valence-electron chi connectivity index (χ4n) is 1.16. The van der Waals surface area contributed by atoms with E-state index in [1.54, 1.807) is 16.7 Å². The first-order chi connectivity index (χ1) is 6.84. The Morgan fingerprint density at radius 1 is 1.36 bits per heavy atom. The average Bonchev–Trinajstić information content (AvgIpc) is 2.20. The van der Waals surface area contributed by atoms with Gasteiger partial charge in [-0.3, -0.25) is 4.79 Å². The second-order valence-electron chi connectivity index (χ2n) is 3.02. The van der Waals surface area contributed by atoms with Crippen molar-refractivity contribution in [3.05, 3.63) is 34.7 Å². The van der Waals surface area contributed by atoms with E-state index in [0.29, 0.717) is 0 Å². The van der Waals surface area contributed by atoms with Crippen molar-refractivity contribution in [2.75, 3.05) is 17.5 Å². The van der Waals surface area contributed by atoms with E-state index in [0.717, 1.165) is 19.6 Å². The Balaban J connectivity index is 2.25. The van der Waals surface area contributed by atoms with Crippen LogP contribution in [0.15, 0.2) is 29.2 Å². The van der Waals surface area contributed by atoms with E-state index in [4.69, 9.17) is 0 Å². The van der Waals surface area contributed by atoms with E-state index in [1.165, 1.54) is 10.8 Å². The molecule has 0 spiro atoms. The van der Waals surface area contributed by atoms with Crippen LogP contribution in [0.3, 0.4) is 0 Å². The molecule has 1 N–H and O–H groups in total. The minimum atomic E-state index is 0.0724. The van der Waals surface area contributed by atoms with Gasteiger partial charge in [0.05, 0.1) is 0 Å². The van der Waals surface area contributed by atoms with Gasteiger partial charge in [-0.15, -0.1) is 0 Å². The zero-order valence-electron chi connectivity index (χ0n) is 8.08. The third-order valence-electron chi connectivity index (χ3n) is 1.92. The summed E-state index contributed by atoms with van der Waals surface area (Å²) in [6.07, 6.45) is 3.01. The van der Waals surface area contributed by atoms with Crippen molar-refractivity contribution in [3.8, 4) is 0 Å². The van der Waals surface area contributed by atoms with Crippen LogP contribution in [-0.2, 0) is 6.54 Å². The van der Waals surface area contributed by atoms with Crippen LogP contribution >= 0.6 is 22.6 Å². The number of rotatable bonds is 6. The lowest BCUT2D eigenvalue weighted by atomic mass is 10.4. The van der Waals surface area contributed by atoms with Gasteiger partial charge >= 0.3 is 0 Å². The smallest absolute Gasteiger partial charge is 0.250 e. The standard InChI is InChI=1S/C10H15IN2O/c11-5-3-6-12-7-9-13-8-2-1-4-10(13)14/h1-2,4,8,12H,3,5-7,9H2. The van der Waals surface area contributed by atoms with Crippen molar-refractivity contribution in [1.82, 2.24) is 9.88 Å². The quantitative estimate of drug-likeness (QED) is 0.488. The van der Waals surface area contributed by atoms with E-state index >= 15 is 0 Å². The number of hydrogen-bond acceptors (Lipinski definition) is 2. The van der Waals surface area contributed by atoms with Crippen LogP contribution in [-0.4, -0.2) is 22.1 Å². The van der Waals surface area contributed by atoms with Gasteiger partial charge in [-0.25, -0.2) is 0 Å². The minimum Gasteiger partial charge on any atom is -0.315 e. The van der Waals surface area contributed by atoms with E-state index in [9.17, 15) is 4.79 Å². The van der Waals surface area contributed by atoms with Gasteiger partial charge in [0.15, 0.2) is 0 Å². The molecule has 0 atom stereocenters. The molecule has 0 saturated heterocycles. The normalized spacial score (nSPS) is 10.4. The Morgan fingerprint density at radius 3 is 2.93 bits per heavy atom. The molecule has 1 aromatic heterocycles. The molecule has 3 nitrogen and oxygen atoms in total. The summed E-state index contributed by atoms with van der Waals surface area (Å²) in [4.78, 5) is 11.3. The van der Waals surface area contributed by atoms with Crippen LogP contribution in [0.1, 0.15) is 6.42 Å². The van der Waals surface area contributed by atoms with Gasteiger partial charge in [0.1, 0.15) is 0 Å². The summed E-state index contributed by atoms with van der Waals surface area (Å²) in [5, 5.41) is 3.30. The summed E-state index contributed by atoms with van der Waals surface area (Å²) < 4.78 is 2.90. The molecule has 0 fully saturated rings. The van der Waals surface area contributed by atoms with Crippen molar-refractivity contribution < 1.29 is 0 Å². The number of hydrogen-bond donors (Lipinski definition) is 1. The van der Waals surface area contributed by atoms with Crippen molar-refractivity contribution >= 4 is 22.6 Å². The van der Waals surface area contributed by atoms with Gasteiger partial charge in [0, 0.05) is 29.8 Å². The SMILES string of the molecule is O=c1ccccn1CCNCCCI. The average molecular weight is 306 g/mol. The molecule has 14 heavy (non-hydrogen) atoms. The molecule has 0 aliphatic heterocycles. The zero-order valence-corrected chi connectivity index (χ0v) is 10.2. The monoisotopic (exact) mass is 306 g/mol. The molecule has 0 amide bonds. The highest BCUT2D eigenvalue weighted by atomic mass is 127. The van der Waals surface area contributed by atoms with Gasteiger partial charge in [0.25, 0.3) is 5.56 Å². The first-order valence-electron chi connectivity index (χ1n) is 4.77. The summed E-state index contributed by atoms with van der Waals surface area (Å²) in [7, 11) is 0. The molecule has 1 rings (SSSR count). The number of halogens is 1. The molecule has 1 aromatic rings. The summed E-state index contributed by atoms with van der Waals surface area (Å²) in [5.74, 6) is 0. The Hall–Kier alpha value is -0.360. The van der Waals surface area contributed by atoms with E-state index in [2.05, 4.69) is 27.9 Å². The maximum Gasteiger partial charge on any atom is 0.250 e. The fourth-order valence-corrected chi connectivity index (χ4v) is 1.54. The maximum absolute atomic E-state index is 11.3. The highest BCUT2D eigenvalue weighted by Crippen LogP contribution is 1.85. The maximum atomic E-state index is 11.3. The van der Waals surface area contributed by atoms with Gasteiger partial charge in [-0.05, 0) is 19.0 Å². The van der Waals surface area contributed by atoms with Crippen LogP contribution in [0.4, 0.5) is 0 Å². The molecule has 0 saturated carbocycles. The third-order valence-corrected chi connectivity index (χ3v) is 2.68. The largest absolute Gasteiger partial charge is 0.315 e. The van der Waals surface area contributed by atoms with E-state index in [-0.39, 0.29) is 5.56 Å². The molecular weight excluding hydrogens is 291 g/mol. The zero-order chi connectivity index (χ0) is 10.2. The first kappa shape index (κ1) is 11.7. The Kier molecular flexibility index (Phi) is 5.86. The lowest BCUT2D eigenvalue weighted by molar-refractivity contribution is 0.584. The fraction of sp³-hybridized carbons (Fsp3) is 0.500. The van der Waals surface area contributed by atoms with Crippen LogP contribution in [0.2, 0.25) is 0 Å². The van der Waals surface area contributed by atoms with E-state index in [1.807, 2.05) is 12.3 Å². The minimum absolute atomic E-state index is 0.0724. The Labute approximate surface area is 97.7 Å². The van der Waals surface area contributed by atoms with Gasteiger partial charge in [-0.1, -0.05) is 28.7 Å². The third kappa shape index (κ3) is 4.23. The van der Waals surface area contributed by atoms with Crippen molar-refractivity contribution in [2.45, 2.75) is 13.0 Å². The second kappa shape index (κ2) is 7.00. The lowest BCUT2D eigenvalue weighted by Crippen LogP contribution is -2.26. The molecule has 78 valence electrons. The summed E-state index contributed by atoms with van der Waals surface area (Å²) in [6, 6.07) is 5.24. The van der Waals surface area contributed by atoms with E-state index < -0.39 is 0 Å². The molecule has 1 heterocycles. The highest BCUT2D eigenvalue weighted by molar-refractivity contribution is 14.1. The number of nitrogens with zero attached hydrogens (tertiary/aromatic N) is 1. The van der Waals surface area contributed by atoms with Crippen molar-refractivity contribution in [1.29, 1.82) is 0 Å². The highest BCUT2D eigenvalue weighted by Gasteiger charge is 1.92. The molecule has 0 bridgehead atoms. The number of alkyl halides is 1. The summed E-state index contributed by atoms with van der Waals surface area (Å²) in [5.41, 5.74) is 0.0724. The molecule has 0 aliphatic carbocycles. The summed E-state index contributed by atoms with van der Waals surface area (Å²) in [6.45, 7) is 2.64. The number of aromatic nitrogens is 1. The first-order valence-corrected chi connectivity index (χ1v) is 6.29. The molecule has 0 aromatic carbocycles. The second-order valence-corrected chi connectivity index (χ2v) is 4.10. The van der Waals surface area contributed by atoms with Gasteiger partial charge in [0.2, 0.25) is 0 Å². The van der Waals surface area contributed by atoms with Crippen molar-refractivity contribution in [3.63, 3.8) is 0 Å². The Bertz CT molecular complexity index is 311. The van der Waals surface area contributed by atoms with Gasteiger partial charge in [-0.2, -0.15) is 0 Å². The topological polar surface area (TPSA) is 34.0 Å². The molecule has 0 aliphatic rings. The predicted molar refractivity (Wildman–Crippen MR) is 67.1 cm³/mol. The van der Waals surface area contributed by atoms with Crippen LogP contribution in [0, 0.1) is 0 Å². The van der Waals surface area contributed by atoms with Crippen LogP contribution in [0.25, 0.3) is 0 Å².